The number of nitrogen functional groups attached to an aromatic ring is 1. The number of benzene rings is 1. The summed E-state index contributed by atoms with van der Waals surface area (Å²) >= 11 is 0. The molecule has 5 N–H and O–H groups in total. The number of hydrogen-bond acceptors (Lipinski definition) is 9. The van der Waals surface area contributed by atoms with Gasteiger partial charge < -0.3 is 25.6 Å². The van der Waals surface area contributed by atoms with Crippen molar-refractivity contribution in [2.24, 2.45) is 11.8 Å². The molecule has 10 nitrogen and oxygen atoms in total. The Morgan fingerprint density at radius 3 is 2.59 bits per heavy atom. The summed E-state index contributed by atoms with van der Waals surface area (Å²) in [5.41, 5.74) is 7.19. The van der Waals surface area contributed by atoms with E-state index in [9.17, 15) is 4.79 Å². The Kier molecular flexibility index (Phi) is 6.61. The van der Waals surface area contributed by atoms with Crippen LogP contribution in [0.15, 0.2) is 30.5 Å². The van der Waals surface area contributed by atoms with Gasteiger partial charge in [-0.1, -0.05) is 0 Å². The van der Waals surface area contributed by atoms with Gasteiger partial charge in [-0.3, -0.25) is 9.80 Å². The molecule has 2 fully saturated rings. The van der Waals surface area contributed by atoms with E-state index in [1.807, 2.05) is 29.2 Å². The number of methoxy groups -OCH3 is 1. The average Bonchev–Trinajstić information content (AvgIpc) is 3.28. The van der Waals surface area contributed by atoms with E-state index in [1.54, 1.807) is 13.3 Å². The Morgan fingerprint density at radius 2 is 1.91 bits per heavy atom. The number of nitrogens with zero attached hydrogens (tertiary/aromatic N) is 5. The number of rotatable bonds is 6. The number of hydrazine groups is 1. The van der Waals surface area contributed by atoms with Crippen LogP contribution < -0.4 is 26.6 Å². The molecule has 0 bridgehead atoms. The van der Waals surface area contributed by atoms with Gasteiger partial charge in [0.2, 0.25) is 11.9 Å². The topological polar surface area (TPSA) is 126 Å². The predicted octanol–water partition coefficient (Wildman–Crippen LogP) is 1.43. The molecule has 2 aliphatic rings. The summed E-state index contributed by atoms with van der Waals surface area (Å²) in [7, 11) is 3.71. The number of carbonyl (C=O) groups excluding carboxylic acids is 1. The van der Waals surface area contributed by atoms with Gasteiger partial charge in [-0.25, -0.2) is 10.8 Å². The zero-order valence-corrected chi connectivity index (χ0v) is 18.7. The second-order valence-electron chi connectivity index (χ2n) is 8.52. The summed E-state index contributed by atoms with van der Waals surface area (Å²) in [6.45, 7) is 3.50. The molecule has 32 heavy (non-hydrogen) atoms. The minimum absolute atomic E-state index is 0.0504. The van der Waals surface area contributed by atoms with Gasteiger partial charge in [0.15, 0.2) is 5.82 Å². The van der Waals surface area contributed by atoms with Crippen LogP contribution in [-0.2, 0) is 4.79 Å². The maximum atomic E-state index is 12.9. The summed E-state index contributed by atoms with van der Waals surface area (Å²) in [6, 6.07) is 7.45. The van der Waals surface area contributed by atoms with Crippen molar-refractivity contribution in [1.82, 2.24) is 19.8 Å². The van der Waals surface area contributed by atoms with E-state index in [4.69, 9.17) is 16.3 Å². The molecule has 1 aliphatic heterocycles. The molecule has 0 spiro atoms. The molecule has 1 saturated heterocycles. The smallest absolute Gasteiger partial charge is 0.225 e. The van der Waals surface area contributed by atoms with Crippen LogP contribution in [0.3, 0.4) is 0 Å². The van der Waals surface area contributed by atoms with Crippen molar-refractivity contribution >= 4 is 29.0 Å². The highest BCUT2D eigenvalue weighted by Crippen LogP contribution is 2.31. The highest BCUT2D eigenvalue weighted by atomic mass is 16.5. The number of piperazine rings is 1. The van der Waals surface area contributed by atoms with Gasteiger partial charge in [0.25, 0.3) is 0 Å². The lowest BCUT2D eigenvalue weighted by molar-refractivity contribution is -0.136. The third-order valence-corrected chi connectivity index (χ3v) is 6.30. The van der Waals surface area contributed by atoms with Gasteiger partial charge in [0.1, 0.15) is 5.75 Å². The van der Waals surface area contributed by atoms with Crippen molar-refractivity contribution in [3.05, 3.63) is 30.5 Å². The van der Waals surface area contributed by atoms with Crippen LogP contribution in [0, 0.1) is 5.92 Å². The van der Waals surface area contributed by atoms with Crippen molar-refractivity contribution in [3.8, 4) is 5.75 Å². The quantitative estimate of drug-likeness (QED) is 0.452. The Balaban J connectivity index is 1.39. The van der Waals surface area contributed by atoms with E-state index in [0.717, 1.165) is 56.9 Å². The van der Waals surface area contributed by atoms with Crippen molar-refractivity contribution < 1.29 is 9.53 Å². The van der Waals surface area contributed by atoms with Crippen molar-refractivity contribution in [3.63, 3.8) is 0 Å². The molecule has 2 atom stereocenters. The molecule has 2 unspecified atom stereocenters. The highest BCUT2D eigenvalue weighted by Gasteiger charge is 2.34. The largest absolute Gasteiger partial charge is 0.497 e. The number of ether oxygens (including phenoxy) is 1. The number of amides is 1. The summed E-state index contributed by atoms with van der Waals surface area (Å²) in [6.07, 6.45) is 4.10. The van der Waals surface area contributed by atoms with Gasteiger partial charge in [-0.05, 0) is 50.6 Å². The second kappa shape index (κ2) is 9.58. The van der Waals surface area contributed by atoms with Crippen molar-refractivity contribution in [1.29, 1.82) is 0 Å². The first-order valence-corrected chi connectivity index (χ1v) is 11.0. The van der Waals surface area contributed by atoms with Crippen LogP contribution in [0.25, 0.3) is 0 Å². The third kappa shape index (κ3) is 4.86. The second-order valence-corrected chi connectivity index (χ2v) is 8.52. The number of anilines is 4. The summed E-state index contributed by atoms with van der Waals surface area (Å²) in [5.74, 6) is 8.21. The molecule has 2 aromatic rings. The predicted molar refractivity (Wildman–Crippen MR) is 125 cm³/mol. The molecule has 0 radical (unpaired) electrons. The molecule has 1 aromatic carbocycles. The fraction of sp³-hybridized carbons (Fsp3) is 0.500. The Bertz CT molecular complexity index is 930. The first-order valence-electron chi connectivity index (χ1n) is 11.0. The summed E-state index contributed by atoms with van der Waals surface area (Å²) in [5, 5.41) is 4.80. The molecule has 4 rings (SSSR count). The van der Waals surface area contributed by atoms with Crippen LogP contribution in [0.4, 0.5) is 23.1 Å². The normalized spacial score (nSPS) is 21.4. The maximum Gasteiger partial charge on any atom is 0.225 e. The van der Waals surface area contributed by atoms with Gasteiger partial charge in [-0.2, -0.15) is 4.98 Å². The minimum Gasteiger partial charge on any atom is -0.497 e. The number of carbonyl (C=O) groups is 1. The Hall–Kier alpha value is -3.11. The standard InChI is InChI=1S/C22H32N8O2/c1-28-9-11-29(12-10-28)21(31)15-3-4-16(13-15)26-22-25-14-19(23)20(27-22)30(24)17-5-7-18(32-2)8-6-17/h5-8,14-16H,3-4,9-13,23-24H2,1-2H3,(H,25,26,27). The Morgan fingerprint density at radius 1 is 1.19 bits per heavy atom. The zero-order chi connectivity index (χ0) is 22.7. The van der Waals surface area contributed by atoms with E-state index < -0.39 is 0 Å². The minimum atomic E-state index is 0.0504. The first kappa shape index (κ1) is 22.1. The van der Waals surface area contributed by atoms with Gasteiger partial charge in [0, 0.05) is 38.1 Å². The molecular formula is C22H32N8O2. The first-order chi connectivity index (χ1) is 15.4. The summed E-state index contributed by atoms with van der Waals surface area (Å²) < 4.78 is 5.19. The summed E-state index contributed by atoms with van der Waals surface area (Å²) in [4.78, 5) is 26.0. The molecule has 1 aliphatic carbocycles. The fourth-order valence-electron chi connectivity index (χ4n) is 4.31. The number of aromatic nitrogens is 2. The van der Waals surface area contributed by atoms with E-state index in [2.05, 4.69) is 27.2 Å². The van der Waals surface area contributed by atoms with E-state index in [1.165, 1.54) is 5.01 Å². The van der Waals surface area contributed by atoms with Crippen molar-refractivity contribution in [2.45, 2.75) is 25.3 Å². The average molecular weight is 441 g/mol. The highest BCUT2D eigenvalue weighted by molar-refractivity contribution is 5.79. The molecule has 172 valence electrons. The molecule has 1 aromatic heterocycles. The molecule has 1 saturated carbocycles. The zero-order valence-electron chi connectivity index (χ0n) is 18.7. The SMILES string of the molecule is COc1ccc(N(N)c2nc(NC3CCC(C(=O)N4CCN(C)CC4)C3)ncc2N)cc1. The third-order valence-electron chi connectivity index (χ3n) is 6.30. The maximum absolute atomic E-state index is 12.9. The van der Waals surface area contributed by atoms with Crippen LogP contribution in [-0.4, -0.2) is 72.1 Å². The van der Waals surface area contributed by atoms with Crippen LogP contribution in [0.5, 0.6) is 5.75 Å². The molecule has 1 amide bonds. The van der Waals surface area contributed by atoms with Crippen LogP contribution in [0.2, 0.25) is 0 Å². The van der Waals surface area contributed by atoms with Gasteiger partial charge in [0.05, 0.1) is 24.7 Å². The lowest BCUT2D eigenvalue weighted by Crippen LogP contribution is -2.48. The van der Waals surface area contributed by atoms with Gasteiger partial charge in [-0.15, -0.1) is 0 Å². The lowest BCUT2D eigenvalue weighted by atomic mass is 10.1. The van der Waals surface area contributed by atoms with E-state index in [-0.39, 0.29) is 17.9 Å². The van der Waals surface area contributed by atoms with E-state index in [0.29, 0.717) is 17.5 Å². The van der Waals surface area contributed by atoms with Gasteiger partial charge >= 0.3 is 0 Å². The monoisotopic (exact) mass is 440 g/mol. The molecule has 10 heteroatoms. The number of hydrogen-bond donors (Lipinski definition) is 3. The number of likely N-dealkylation sites (N-methyl/N-ethyl adjacent to an activating group) is 1. The molecule has 2 heterocycles. The number of nitrogens with two attached hydrogens (primary N) is 2. The fourth-order valence-corrected chi connectivity index (χ4v) is 4.31. The lowest BCUT2D eigenvalue weighted by Gasteiger charge is -2.34. The number of nitrogens with one attached hydrogen (secondary N) is 1. The van der Waals surface area contributed by atoms with Crippen molar-refractivity contribution in [2.75, 3.05) is 56.4 Å². The van der Waals surface area contributed by atoms with E-state index >= 15 is 0 Å². The van der Waals surface area contributed by atoms with Crippen LogP contribution >= 0.6 is 0 Å². The Labute approximate surface area is 188 Å². The van der Waals surface area contributed by atoms with Crippen LogP contribution in [0.1, 0.15) is 19.3 Å². The molecular weight excluding hydrogens is 408 g/mol.